The smallest absolute Gasteiger partial charge is 0.131 e. The van der Waals surface area contributed by atoms with Gasteiger partial charge >= 0.3 is 0 Å². The Hall–Kier alpha value is -0.770. The zero-order chi connectivity index (χ0) is 12.8. The molecule has 0 unspecified atom stereocenters. The van der Waals surface area contributed by atoms with Gasteiger partial charge in [0.15, 0.2) is 0 Å². The van der Waals surface area contributed by atoms with Crippen molar-refractivity contribution in [3.63, 3.8) is 0 Å². The molecule has 0 bridgehead atoms. The van der Waals surface area contributed by atoms with Crippen LogP contribution in [-0.4, -0.2) is 34.8 Å². The zero-order valence-corrected chi connectivity index (χ0v) is 12.3. The highest BCUT2D eigenvalue weighted by atomic mass is 35.5. The summed E-state index contributed by atoms with van der Waals surface area (Å²) in [6.07, 6.45) is 1.98. The van der Waals surface area contributed by atoms with Crippen molar-refractivity contribution in [3.8, 4) is 5.75 Å². The highest BCUT2D eigenvalue weighted by Gasteiger charge is 2.45. The van der Waals surface area contributed by atoms with E-state index in [1.54, 1.807) is 0 Å². The summed E-state index contributed by atoms with van der Waals surface area (Å²) >= 11 is 0. The predicted molar refractivity (Wildman–Crippen MR) is 78.0 cm³/mol. The van der Waals surface area contributed by atoms with Crippen LogP contribution in [0.3, 0.4) is 0 Å². The molecule has 0 radical (unpaired) electrons. The van der Waals surface area contributed by atoms with E-state index in [9.17, 15) is 5.11 Å². The molecule has 1 fully saturated rings. The Bertz CT molecular complexity index is 444. The fourth-order valence-electron chi connectivity index (χ4n) is 3.13. The van der Waals surface area contributed by atoms with Crippen molar-refractivity contribution < 1.29 is 9.84 Å². The second-order valence-electron chi connectivity index (χ2n) is 5.88. The molecule has 2 atom stereocenters. The molecule has 0 aromatic heterocycles. The van der Waals surface area contributed by atoms with Crippen LogP contribution in [0.25, 0.3) is 0 Å². The van der Waals surface area contributed by atoms with Gasteiger partial charge in [-0.25, -0.2) is 0 Å². The van der Waals surface area contributed by atoms with E-state index in [1.165, 1.54) is 12.8 Å². The topological polar surface area (TPSA) is 32.7 Å². The lowest BCUT2D eigenvalue weighted by Gasteiger charge is -2.45. The van der Waals surface area contributed by atoms with Crippen LogP contribution in [0.5, 0.6) is 5.75 Å². The van der Waals surface area contributed by atoms with Crippen molar-refractivity contribution in [3.05, 3.63) is 29.8 Å². The molecule has 19 heavy (non-hydrogen) atoms. The lowest BCUT2D eigenvalue weighted by molar-refractivity contribution is -0.0895. The summed E-state index contributed by atoms with van der Waals surface area (Å²) in [7, 11) is 0. The minimum Gasteiger partial charge on any atom is -0.485 e. The van der Waals surface area contributed by atoms with Crippen LogP contribution in [0.2, 0.25) is 0 Å². The third-order valence-electron chi connectivity index (χ3n) is 4.16. The van der Waals surface area contributed by atoms with Gasteiger partial charge in [-0.1, -0.05) is 18.2 Å². The van der Waals surface area contributed by atoms with Crippen molar-refractivity contribution in [1.82, 2.24) is 4.90 Å². The van der Waals surface area contributed by atoms with Crippen LogP contribution in [0, 0.1) is 0 Å². The average Bonchev–Trinajstić information content (AvgIpc) is 2.84. The number of benzene rings is 1. The van der Waals surface area contributed by atoms with E-state index in [4.69, 9.17) is 4.74 Å². The second kappa shape index (κ2) is 5.31. The van der Waals surface area contributed by atoms with E-state index in [0.29, 0.717) is 0 Å². The quantitative estimate of drug-likeness (QED) is 0.860. The molecule has 106 valence electrons. The molecule has 4 heteroatoms. The Morgan fingerprint density at radius 1 is 1.21 bits per heavy atom. The minimum absolute atomic E-state index is 0. The van der Waals surface area contributed by atoms with Gasteiger partial charge in [0.25, 0.3) is 0 Å². The third-order valence-corrected chi connectivity index (χ3v) is 4.16. The standard InChI is InChI=1S/C15H21NO2.ClH/c1-15(2)14(17)13(16-9-5-6-10-16)11-7-3-4-8-12(11)18-15;/h3-4,7-8,13-14,17H,5-6,9-10H2,1-2H3;1H/t13-,14+;/m0./s1. The van der Waals surface area contributed by atoms with Gasteiger partial charge in [0, 0.05) is 5.56 Å². The Balaban J connectivity index is 0.00000133. The third kappa shape index (κ3) is 2.47. The molecule has 3 rings (SSSR count). The highest BCUT2D eigenvalue weighted by molar-refractivity contribution is 5.85. The van der Waals surface area contributed by atoms with Crippen LogP contribution < -0.4 is 4.74 Å². The lowest BCUT2D eigenvalue weighted by atomic mass is 9.86. The molecule has 2 aliphatic rings. The number of fused-ring (bicyclic) bond motifs is 1. The van der Waals surface area contributed by atoms with Gasteiger partial charge in [0.1, 0.15) is 17.5 Å². The van der Waals surface area contributed by atoms with E-state index in [0.717, 1.165) is 24.4 Å². The number of halogens is 1. The number of likely N-dealkylation sites (tertiary alicyclic amines) is 1. The number of nitrogens with zero attached hydrogens (tertiary/aromatic N) is 1. The molecule has 0 saturated carbocycles. The summed E-state index contributed by atoms with van der Waals surface area (Å²) in [5.74, 6) is 0.921. The summed E-state index contributed by atoms with van der Waals surface area (Å²) in [5.41, 5.74) is 0.605. The number of rotatable bonds is 1. The number of hydrogen-bond donors (Lipinski definition) is 1. The van der Waals surface area contributed by atoms with Gasteiger partial charge in [0.2, 0.25) is 0 Å². The molecule has 1 aromatic carbocycles. The second-order valence-corrected chi connectivity index (χ2v) is 5.88. The molecule has 0 spiro atoms. The number of aliphatic hydroxyl groups excluding tert-OH is 1. The molecular weight excluding hydrogens is 262 g/mol. The van der Waals surface area contributed by atoms with Crippen LogP contribution >= 0.6 is 12.4 Å². The fraction of sp³-hybridized carbons (Fsp3) is 0.600. The number of hydrogen-bond acceptors (Lipinski definition) is 3. The molecule has 1 aromatic rings. The first-order valence-corrected chi connectivity index (χ1v) is 6.80. The molecule has 0 aliphatic carbocycles. The van der Waals surface area contributed by atoms with E-state index in [1.807, 2.05) is 32.0 Å². The molecule has 3 nitrogen and oxygen atoms in total. The van der Waals surface area contributed by atoms with Gasteiger partial charge < -0.3 is 9.84 Å². The molecule has 2 aliphatic heterocycles. The van der Waals surface area contributed by atoms with Crippen molar-refractivity contribution in [2.75, 3.05) is 13.1 Å². The van der Waals surface area contributed by atoms with E-state index >= 15 is 0 Å². The molecule has 1 N–H and O–H groups in total. The number of aliphatic hydroxyl groups is 1. The van der Waals surface area contributed by atoms with Crippen LogP contribution in [0.15, 0.2) is 24.3 Å². The average molecular weight is 284 g/mol. The van der Waals surface area contributed by atoms with E-state index in [-0.39, 0.29) is 18.4 Å². The maximum atomic E-state index is 10.6. The van der Waals surface area contributed by atoms with Crippen LogP contribution in [0.4, 0.5) is 0 Å². The lowest BCUT2D eigenvalue weighted by Crippen LogP contribution is -2.53. The van der Waals surface area contributed by atoms with Crippen molar-refractivity contribution in [1.29, 1.82) is 0 Å². The minimum atomic E-state index is -0.526. The Labute approximate surface area is 121 Å². The zero-order valence-electron chi connectivity index (χ0n) is 11.5. The van der Waals surface area contributed by atoms with Gasteiger partial charge in [-0.2, -0.15) is 0 Å². The molecule has 2 heterocycles. The largest absolute Gasteiger partial charge is 0.485 e. The van der Waals surface area contributed by atoms with Crippen LogP contribution in [0.1, 0.15) is 38.3 Å². The summed E-state index contributed by atoms with van der Waals surface area (Å²) < 4.78 is 5.94. The summed E-state index contributed by atoms with van der Waals surface area (Å²) in [4.78, 5) is 2.40. The predicted octanol–water partition coefficient (Wildman–Crippen LogP) is 2.78. The maximum absolute atomic E-state index is 10.6. The van der Waals surface area contributed by atoms with E-state index < -0.39 is 11.7 Å². The van der Waals surface area contributed by atoms with E-state index in [2.05, 4.69) is 11.0 Å². The summed E-state index contributed by atoms with van der Waals surface area (Å²) in [6.45, 7) is 6.09. The normalized spacial score (nSPS) is 29.2. The molecule has 1 saturated heterocycles. The first-order chi connectivity index (χ1) is 8.59. The van der Waals surface area contributed by atoms with Gasteiger partial charge in [0.05, 0.1) is 6.04 Å². The van der Waals surface area contributed by atoms with Crippen LogP contribution in [-0.2, 0) is 0 Å². The Morgan fingerprint density at radius 2 is 1.84 bits per heavy atom. The number of ether oxygens (including phenoxy) is 1. The molecular formula is C15H22ClNO2. The van der Waals surface area contributed by atoms with Gasteiger partial charge in [-0.15, -0.1) is 12.4 Å². The van der Waals surface area contributed by atoms with Gasteiger partial charge in [-0.05, 0) is 45.8 Å². The number of para-hydroxylation sites is 1. The van der Waals surface area contributed by atoms with Crippen molar-refractivity contribution >= 4 is 12.4 Å². The van der Waals surface area contributed by atoms with Crippen molar-refractivity contribution in [2.24, 2.45) is 0 Å². The van der Waals surface area contributed by atoms with Crippen molar-refractivity contribution in [2.45, 2.75) is 44.4 Å². The SMILES string of the molecule is CC1(C)Oc2ccccc2[C@H](N2CCCC2)[C@H]1O.Cl. The first-order valence-electron chi connectivity index (χ1n) is 6.80. The Kier molecular flexibility index (Phi) is 4.09. The monoisotopic (exact) mass is 283 g/mol. The summed E-state index contributed by atoms with van der Waals surface area (Å²) in [5, 5.41) is 10.6. The Morgan fingerprint density at radius 3 is 2.53 bits per heavy atom. The first kappa shape index (κ1) is 14.6. The maximum Gasteiger partial charge on any atom is 0.131 e. The molecule has 0 amide bonds. The highest BCUT2D eigenvalue weighted by Crippen LogP contribution is 2.43. The summed E-state index contributed by atoms with van der Waals surface area (Å²) in [6, 6.07) is 8.18. The van der Waals surface area contributed by atoms with Gasteiger partial charge in [-0.3, -0.25) is 4.90 Å². The fourth-order valence-corrected chi connectivity index (χ4v) is 3.13.